The van der Waals surface area contributed by atoms with Gasteiger partial charge in [0.1, 0.15) is 0 Å². The Bertz CT molecular complexity index is 715. The lowest BCUT2D eigenvalue weighted by Gasteiger charge is -2.32. The van der Waals surface area contributed by atoms with Crippen LogP contribution >= 0.6 is 0 Å². The fraction of sp³-hybridized carbons (Fsp3) is 0.588. The zero-order valence-electron chi connectivity index (χ0n) is 13.8. The van der Waals surface area contributed by atoms with Crippen molar-refractivity contribution in [1.82, 2.24) is 4.31 Å². The monoisotopic (exact) mass is 336 g/mol. The molecule has 23 heavy (non-hydrogen) atoms. The standard InChI is InChI=1S/C17H24N2O3S/c1-3-17(20)18-11-9-14-12-15(7-8-16(14)18)23(21,22)19-10-5-4-6-13(19)2/h7-8,12-13H,3-6,9-11H2,1-2H3/t13-/m1/s1. The molecule has 0 N–H and O–H groups in total. The first kappa shape index (κ1) is 16.5. The molecule has 126 valence electrons. The molecule has 0 bridgehead atoms. The maximum atomic E-state index is 12.9. The maximum absolute atomic E-state index is 12.9. The van der Waals surface area contributed by atoms with Crippen LogP contribution in [0.2, 0.25) is 0 Å². The molecule has 6 heteroatoms. The number of hydrogen-bond acceptors (Lipinski definition) is 3. The summed E-state index contributed by atoms with van der Waals surface area (Å²) in [5, 5.41) is 0. The first-order chi connectivity index (χ1) is 10.9. The number of benzene rings is 1. The summed E-state index contributed by atoms with van der Waals surface area (Å²) >= 11 is 0. The molecule has 0 spiro atoms. The number of carbonyl (C=O) groups is 1. The van der Waals surface area contributed by atoms with E-state index in [-0.39, 0.29) is 11.9 Å². The lowest BCUT2D eigenvalue weighted by atomic mass is 10.1. The number of rotatable bonds is 3. The minimum atomic E-state index is -3.45. The number of fused-ring (bicyclic) bond motifs is 1. The van der Waals surface area contributed by atoms with Crippen LogP contribution in [0, 0.1) is 0 Å². The van der Waals surface area contributed by atoms with Crippen LogP contribution in [0.4, 0.5) is 5.69 Å². The van der Waals surface area contributed by atoms with Gasteiger partial charge in [-0.05, 0) is 49.9 Å². The van der Waals surface area contributed by atoms with Crippen LogP contribution in [-0.4, -0.2) is 37.8 Å². The van der Waals surface area contributed by atoms with Crippen molar-refractivity contribution in [2.24, 2.45) is 0 Å². The minimum absolute atomic E-state index is 0.0557. The SMILES string of the molecule is CCC(=O)N1CCc2cc(S(=O)(=O)N3CCCC[C@H]3C)ccc21. The van der Waals surface area contributed by atoms with Gasteiger partial charge >= 0.3 is 0 Å². The van der Waals surface area contributed by atoms with Crippen molar-refractivity contribution in [3.05, 3.63) is 23.8 Å². The molecule has 2 aliphatic heterocycles. The van der Waals surface area contributed by atoms with Gasteiger partial charge in [0.15, 0.2) is 0 Å². The van der Waals surface area contributed by atoms with Crippen LogP contribution in [0.15, 0.2) is 23.1 Å². The second kappa shape index (κ2) is 6.24. The molecule has 0 aliphatic carbocycles. The zero-order valence-corrected chi connectivity index (χ0v) is 14.6. The summed E-state index contributed by atoms with van der Waals surface area (Å²) in [6.07, 6.45) is 4.12. The third-order valence-electron chi connectivity index (χ3n) is 4.90. The number of sulfonamides is 1. The normalized spacial score (nSPS) is 22.2. The Morgan fingerprint density at radius 1 is 1.26 bits per heavy atom. The molecule has 1 aromatic carbocycles. The van der Waals surface area contributed by atoms with Gasteiger partial charge in [-0.15, -0.1) is 0 Å². The Morgan fingerprint density at radius 3 is 2.74 bits per heavy atom. The van der Waals surface area contributed by atoms with Gasteiger partial charge in [0, 0.05) is 31.2 Å². The molecule has 0 saturated carbocycles. The van der Waals surface area contributed by atoms with Crippen molar-refractivity contribution in [1.29, 1.82) is 0 Å². The smallest absolute Gasteiger partial charge is 0.243 e. The van der Waals surface area contributed by atoms with Crippen LogP contribution < -0.4 is 4.90 Å². The van der Waals surface area contributed by atoms with Gasteiger partial charge in [0.2, 0.25) is 15.9 Å². The lowest BCUT2D eigenvalue weighted by molar-refractivity contribution is -0.118. The molecule has 1 saturated heterocycles. The summed E-state index contributed by atoms with van der Waals surface area (Å²) in [6, 6.07) is 5.25. The summed E-state index contributed by atoms with van der Waals surface area (Å²) in [5.41, 5.74) is 1.82. The topological polar surface area (TPSA) is 57.7 Å². The highest BCUT2D eigenvalue weighted by molar-refractivity contribution is 7.89. The average molecular weight is 336 g/mol. The fourth-order valence-corrected chi connectivity index (χ4v) is 5.30. The van der Waals surface area contributed by atoms with E-state index in [0.717, 1.165) is 36.9 Å². The van der Waals surface area contributed by atoms with E-state index < -0.39 is 10.0 Å². The van der Waals surface area contributed by atoms with E-state index in [1.807, 2.05) is 13.8 Å². The summed E-state index contributed by atoms with van der Waals surface area (Å²) in [4.78, 5) is 14.1. The van der Waals surface area contributed by atoms with Crippen molar-refractivity contribution >= 4 is 21.6 Å². The van der Waals surface area contributed by atoms with Crippen molar-refractivity contribution in [2.75, 3.05) is 18.0 Å². The van der Waals surface area contributed by atoms with Gasteiger partial charge in [0.25, 0.3) is 0 Å². The molecular weight excluding hydrogens is 312 g/mol. The molecule has 0 radical (unpaired) electrons. The van der Waals surface area contributed by atoms with Gasteiger partial charge in [0.05, 0.1) is 4.90 Å². The second-order valence-corrected chi connectivity index (χ2v) is 8.29. The minimum Gasteiger partial charge on any atom is -0.312 e. The molecule has 2 aliphatic rings. The van der Waals surface area contributed by atoms with E-state index in [2.05, 4.69) is 0 Å². The van der Waals surface area contributed by atoms with E-state index in [4.69, 9.17) is 0 Å². The number of piperidine rings is 1. The first-order valence-corrected chi connectivity index (χ1v) is 9.84. The Labute approximate surface area is 138 Å². The molecule has 3 rings (SSSR count). The van der Waals surface area contributed by atoms with Crippen LogP contribution in [0.25, 0.3) is 0 Å². The predicted molar refractivity (Wildman–Crippen MR) is 90.0 cm³/mol. The highest BCUT2D eigenvalue weighted by Gasteiger charge is 2.32. The molecule has 1 fully saturated rings. The van der Waals surface area contributed by atoms with Gasteiger partial charge in [-0.1, -0.05) is 13.3 Å². The summed E-state index contributed by atoms with van der Waals surface area (Å²) in [7, 11) is -3.45. The number of hydrogen-bond donors (Lipinski definition) is 0. The molecule has 0 unspecified atom stereocenters. The van der Waals surface area contributed by atoms with Crippen molar-refractivity contribution < 1.29 is 13.2 Å². The summed E-state index contributed by atoms with van der Waals surface area (Å²) < 4.78 is 27.5. The van der Waals surface area contributed by atoms with E-state index >= 15 is 0 Å². The highest BCUT2D eigenvalue weighted by Crippen LogP contribution is 2.33. The molecule has 2 heterocycles. The molecular formula is C17H24N2O3S. The number of nitrogens with zero attached hydrogens (tertiary/aromatic N) is 2. The number of anilines is 1. The Hall–Kier alpha value is -1.40. The fourth-order valence-electron chi connectivity index (χ4n) is 3.55. The van der Waals surface area contributed by atoms with E-state index in [1.54, 1.807) is 27.4 Å². The third kappa shape index (κ3) is 2.90. The van der Waals surface area contributed by atoms with Gasteiger partial charge in [-0.25, -0.2) is 8.42 Å². The number of carbonyl (C=O) groups excluding carboxylic acids is 1. The summed E-state index contributed by atoms with van der Waals surface area (Å²) in [6.45, 7) is 5.06. The first-order valence-electron chi connectivity index (χ1n) is 8.40. The quantitative estimate of drug-likeness (QED) is 0.852. The van der Waals surface area contributed by atoms with Crippen molar-refractivity contribution in [3.8, 4) is 0 Å². The van der Waals surface area contributed by atoms with E-state index in [1.165, 1.54) is 0 Å². The molecule has 1 amide bonds. The third-order valence-corrected chi connectivity index (χ3v) is 6.91. The van der Waals surface area contributed by atoms with Crippen molar-refractivity contribution in [3.63, 3.8) is 0 Å². The van der Waals surface area contributed by atoms with E-state index in [0.29, 0.717) is 24.4 Å². The van der Waals surface area contributed by atoms with Crippen LogP contribution in [0.5, 0.6) is 0 Å². The molecule has 0 aromatic heterocycles. The van der Waals surface area contributed by atoms with Crippen LogP contribution in [0.3, 0.4) is 0 Å². The Morgan fingerprint density at radius 2 is 2.04 bits per heavy atom. The molecule has 1 aromatic rings. The Kier molecular flexibility index (Phi) is 4.47. The largest absolute Gasteiger partial charge is 0.312 e. The van der Waals surface area contributed by atoms with Crippen molar-refractivity contribution in [2.45, 2.75) is 56.9 Å². The van der Waals surface area contributed by atoms with Gasteiger partial charge in [-0.3, -0.25) is 4.79 Å². The zero-order chi connectivity index (χ0) is 16.6. The van der Waals surface area contributed by atoms with Crippen LogP contribution in [-0.2, 0) is 21.2 Å². The van der Waals surface area contributed by atoms with Crippen LogP contribution in [0.1, 0.15) is 45.1 Å². The summed E-state index contributed by atoms with van der Waals surface area (Å²) in [5.74, 6) is 0.0870. The lowest BCUT2D eigenvalue weighted by Crippen LogP contribution is -2.41. The molecule has 1 atom stereocenters. The van der Waals surface area contributed by atoms with Gasteiger partial charge in [-0.2, -0.15) is 4.31 Å². The predicted octanol–water partition coefficient (Wildman–Crippen LogP) is 2.55. The van der Waals surface area contributed by atoms with E-state index in [9.17, 15) is 13.2 Å². The van der Waals surface area contributed by atoms with Gasteiger partial charge < -0.3 is 4.90 Å². The number of amides is 1. The average Bonchev–Trinajstić information content (AvgIpc) is 2.97. The Balaban J connectivity index is 1.92. The molecule has 5 nitrogen and oxygen atoms in total. The maximum Gasteiger partial charge on any atom is 0.243 e. The highest BCUT2D eigenvalue weighted by atomic mass is 32.2. The second-order valence-electron chi connectivity index (χ2n) is 6.40.